The summed E-state index contributed by atoms with van der Waals surface area (Å²) in [6.45, 7) is 0.936. The maximum absolute atomic E-state index is 6.07. The zero-order valence-corrected chi connectivity index (χ0v) is 10.7. The van der Waals surface area contributed by atoms with Crippen LogP contribution < -0.4 is 5.32 Å². The van der Waals surface area contributed by atoms with Gasteiger partial charge in [-0.25, -0.2) is 4.98 Å². The smallest absolute Gasteiger partial charge is 0.143 e. The van der Waals surface area contributed by atoms with Gasteiger partial charge >= 0.3 is 0 Å². The Morgan fingerprint density at radius 1 is 1.53 bits per heavy atom. The molecule has 0 unspecified atom stereocenters. The maximum atomic E-state index is 6.07. The van der Waals surface area contributed by atoms with Crippen LogP contribution in [0, 0.1) is 0 Å². The second kappa shape index (κ2) is 5.07. The van der Waals surface area contributed by atoms with Crippen molar-refractivity contribution in [3.8, 4) is 9.88 Å². The molecule has 0 atom stereocenters. The second-order valence-corrected chi connectivity index (χ2v) is 5.45. The number of aromatic nitrogens is 1. The molecule has 0 aliphatic heterocycles. The fourth-order valence-electron chi connectivity index (χ4n) is 1.23. The van der Waals surface area contributed by atoms with Gasteiger partial charge in [-0.15, -0.1) is 22.7 Å². The summed E-state index contributed by atoms with van der Waals surface area (Å²) in [6.07, 6.45) is 0.943. The molecular formula is C10H11ClN2S2. The Morgan fingerprint density at radius 2 is 2.40 bits per heavy atom. The van der Waals surface area contributed by atoms with Gasteiger partial charge in [-0.05, 0) is 31.5 Å². The van der Waals surface area contributed by atoms with Crippen molar-refractivity contribution in [2.24, 2.45) is 0 Å². The third-order valence-corrected chi connectivity index (χ3v) is 4.56. The Morgan fingerprint density at radius 3 is 3.07 bits per heavy atom. The normalized spacial score (nSPS) is 10.8. The highest BCUT2D eigenvalue weighted by Crippen LogP contribution is 2.33. The van der Waals surface area contributed by atoms with Crippen LogP contribution in [0.2, 0.25) is 5.15 Å². The zero-order valence-electron chi connectivity index (χ0n) is 8.29. The fraction of sp³-hybridized carbons (Fsp3) is 0.300. The van der Waals surface area contributed by atoms with E-state index in [1.165, 1.54) is 4.88 Å². The minimum Gasteiger partial charge on any atom is -0.319 e. The van der Waals surface area contributed by atoms with Crippen LogP contribution >= 0.6 is 34.3 Å². The third-order valence-electron chi connectivity index (χ3n) is 1.98. The zero-order chi connectivity index (χ0) is 10.7. The highest BCUT2D eigenvalue weighted by molar-refractivity contribution is 7.21. The van der Waals surface area contributed by atoms with E-state index in [0.717, 1.165) is 22.9 Å². The van der Waals surface area contributed by atoms with Crippen molar-refractivity contribution in [3.05, 3.63) is 27.5 Å². The summed E-state index contributed by atoms with van der Waals surface area (Å²) in [5.41, 5.74) is 0. The van der Waals surface area contributed by atoms with Gasteiger partial charge in [0, 0.05) is 4.88 Å². The molecule has 0 saturated heterocycles. The van der Waals surface area contributed by atoms with Crippen molar-refractivity contribution in [2.75, 3.05) is 13.6 Å². The van der Waals surface area contributed by atoms with Crippen molar-refractivity contribution in [3.63, 3.8) is 0 Å². The number of rotatable bonds is 4. The van der Waals surface area contributed by atoms with Gasteiger partial charge in [0.15, 0.2) is 0 Å². The predicted octanol–water partition coefficient (Wildman–Crippen LogP) is 3.29. The number of hydrogen-bond donors (Lipinski definition) is 1. The van der Waals surface area contributed by atoms with Crippen LogP contribution in [0.1, 0.15) is 4.88 Å². The van der Waals surface area contributed by atoms with Crippen LogP contribution in [-0.4, -0.2) is 18.6 Å². The van der Waals surface area contributed by atoms with Gasteiger partial charge in [-0.2, -0.15) is 0 Å². The molecule has 0 saturated carbocycles. The van der Waals surface area contributed by atoms with E-state index in [9.17, 15) is 0 Å². The minimum absolute atomic E-state index is 0.652. The average Bonchev–Trinajstić information content (AvgIpc) is 2.83. The Labute approximate surface area is 102 Å². The second-order valence-electron chi connectivity index (χ2n) is 3.06. The van der Waals surface area contributed by atoms with Gasteiger partial charge in [0.2, 0.25) is 0 Å². The third kappa shape index (κ3) is 2.58. The van der Waals surface area contributed by atoms with Crippen molar-refractivity contribution < 1.29 is 0 Å². The van der Waals surface area contributed by atoms with Gasteiger partial charge in [-0.1, -0.05) is 17.7 Å². The van der Waals surface area contributed by atoms with Crippen molar-refractivity contribution in [1.82, 2.24) is 10.3 Å². The molecule has 0 aromatic carbocycles. The standard InChI is InChI=1S/C10H11ClN2S2/c1-12-5-4-7-9(11)13-10(15-7)8-3-2-6-14-8/h2-3,6,12H,4-5H2,1H3. The van der Waals surface area contributed by atoms with E-state index >= 15 is 0 Å². The number of thiazole rings is 1. The maximum Gasteiger partial charge on any atom is 0.143 e. The topological polar surface area (TPSA) is 24.9 Å². The van der Waals surface area contributed by atoms with Crippen LogP contribution in [0.5, 0.6) is 0 Å². The Bertz CT molecular complexity index is 423. The largest absolute Gasteiger partial charge is 0.319 e. The SMILES string of the molecule is CNCCc1sc(-c2cccs2)nc1Cl. The Balaban J connectivity index is 2.21. The molecular weight excluding hydrogens is 248 g/mol. The molecule has 0 aliphatic carbocycles. The van der Waals surface area contributed by atoms with Gasteiger partial charge < -0.3 is 5.32 Å². The first-order valence-electron chi connectivity index (χ1n) is 4.65. The summed E-state index contributed by atoms with van der Waals surface area (Å²) in [7, 11) is 1.94. The number of nitrogens with one attached hydrogen (secondary N) is 1. The number of likely N-dealkylation sites (N-methyl/N-ethyl adjacent to an activating group) is 1. The molecule has 0 fully saturated rings. The molecule has 0 spiro atoms. The van der Waals surface area contributed by atoms with E-state index in [1.807, 2.05) is 13.1 Å². The lowest BCUT2D eigenvalue weighted by atomic mass is 10.4. The van der Waals surface area contributed by atoms with E-state index < -0.39 is 0 Å². The molecule has 2 aromatic rings. The van der Waals surface area contributed by atoms with Crippen molar-refractivity contribution >= 4 is 34.3 Å². The number of thiophene rings is 1. The Hall–Kier alpha value is -0.420. The lowest BCUT2D eigenvalue weighted by Gasteiger charge is -1.94. The average molecular weight is 259 g/mol. The molecule has 15 heavy (non-hydrogen) atoms. The van der Waals surface area contributed by atoms with Crippen LogP contribution in [0.4, 0.5) is 0 Å². The van der Waals surface area contributed by atoms with Crippen LogP contribution in [0.25, 0.3) is 9.88 Å². The predicted molar refractivity (Wildman–Crippen MR) is 68.1 cm³/mol. The first-order chi connectivity index (χ1) is 7.31. The molecule has 5 heteroatoms. The summed E-state index contributed by atoms with van der Waals surface area (Å²) in [6, 6.07) is 4.10. The highest BCUT2D eigenvalue weighted by Gasteiger charge is 2.10. The summed E-state index contributed by atoms with van der Waals surface area (Å²) in [5, 5.41) is 6.84. The molecule has 0 radical (unpaired) electrons. The summed E-state index contributed by atoms with van der Waals surface area (Å²) in [5.74, 6) is 0. The molecule has 0 aliphatic rings. The molecule has 1 N–H and O–H groups in total. The minimum atomic E-state index is 0.652. The van der Waals surface area contributed by atoms with Crippen molar-refractivity contribution in [1.29, 1.82) is 0 Å². The molecule has 2 heterocycles. The van der Waals surface area contributed by atoms with Gasteiger partial charge in [0.25, 0.3) is 0 Å². The van der Waals surface area contributed by atoms with E-state index in [0.29, 0.717) is 5.15 Å². The lowest BCUT2D eigenvalue weighted by Crippen LogP contribution is -2.09. The van der Waals surface area contributed by atoms with Crippen LogP contribution in [0.3, 0.4) is 0 Å². The number of hydrogen-bond acceptors (Lipinski definition) is 4. The first-order valence-corrected chi connectivity index (χ1v) is 6.72. The molecule has 80 valence electrons. The van der Waals surface area contributed by atoms with E-state index in [-0.39, 0.29) is 0 Å². The van der Waals surface area contributed by atoms with Crippen LogP contribution in [0.15, 0.2) is 17.5 Å². The Kier molecular flexibility index (Phi) is 3.75. The van der Waals surface area contributed by atoms with Crippen molar-refractivity contribution in [2.45, 2.75) is 6.42 Å². The summed E-state index contributed by atoms with van der Waals surface area (Å²) in [4.78, 5) is 6.73. The molecule has 0 amide bonds. The highest BCUT2D eigenvalue weighted by atomic mass is 35.5. The van der Waals surface area contributed by atoms with E-state index in [1.54, 1.807) is 22.7 Å². The summed E-state index contributed by atoms with van der Waals surface area (Å²) >= 11 is 9.45. The van der Waals surface area contributed by atoms with Gasteiger partial charge in [0.05, 0.1) is 4.88 Å². The quantitative estimate of drug-likeness (QED) is 0.910. The fourth-order valence-corrected chi connectivity index (χ4v) is 3.33. The number of halogens is 1. The molecule has 2 rings (SSSR count). The van der Waals surface area contributed by atoms with Crippen LogP contribution in [-0.2, 0) is 6.42 Å². The van der Waals surface area contributed by atoms with E-state index in [4.69, 9.17) is 11.6 Å². The monoisotopic (exact) mass is 258 g/mol. The number of nitrogens with zero attached hydrogens (tertiary/aromatic N) is 1. The first kappa shape index (κ1) is 11.1. The molecule has 0 bridgehead atoms. The molecule has 2 aromatic heterocycles. The van der Waals surface area contributed by atoms with Gasteiger partial charge in [-0.3, -0.25) is 0 Å². The van der Waals surface area contributed by atoms with E-state index in [2.05, 4.69) is 21.7 Å². The van der Waals surface area contributed by atoms with Gasteiger partial charge in [0.1, 0.15) is 10.2 Å². The molecule has 2 nitrogen and oxygen atoms in total. The summed E-state index contributed by atoms with van der Waals surface area (Å²) < 4.78 is 0. The lowest BCUT2D eigenvalue weighted by molar-refractivity contribution is 0.798.